The van der Waals surface area contributed by atoms with E-state index >= 15 is 0 Å². The molecule has 1 saturated carbocycles. The molecule has 6 nitrogen and oxygen atoms in total. The Bertz CT molecular complexity index is 1390. The lowest BCUT2D eigenvalue weighted by Crippen LogP contribution is -2.20. The molecule has 3 heterocycles. The van der Waals surface area contributed by atoms with Crippen LogP contribution in [0.3, 0.4) is 0 Å². The molecule has 3 aliphatic rings. The fraction of sp³-hybridized carbons (Fsp3) is 0.296. The third kappa shape index (κ3) is 3.92. The molecule has 0 radical (unpaired) electrons. The molecular formula is C27H22F2N2O4. The summed E-state index contributed by atoms with van der Waals surface area (Å²) in [5.74, 6) is 1.36. The second-order valence-electron chi connectivity index (χ2n) is 9.37. The minimum absolute atomic E-state index is 0.00695. The van der Waals surface area contributed by atoms with Gasteiger partial charge in [-0.3, -0.25) is 9.59 Å². The summed E-state index contributed by atoms with van der Waals surface area (Å²) in [6, 6.07) is 9.61. The van der Waals surface area contributed by atoms with E-state index in [4.69, 9.17) is 9.47 Å². The van der Waals surface area contributed by atoms with E-state index in [0.717, 1.165) is 29.0 Å². The topological polar surface area (TPSA) is 77.5 Å². The summed E-state index contributed by atoms with van der Waals surface area (Å²) in [6.07, 6.45) is 2.54. The van der Waals surface area contributed by atoms with Crippen LogP contribution in [0.1, 0.15) is 41.0 Å². The Kier molecular flexibility index (Phi) is 5.05. The molecular weight excluding hydrogens is 454 g/mol. The number of pyridine rings is 1. The summed E-state index contributed by atoms with van der Waals surface area (Å²) in [5, 5.41) is 2.77. The highest BCUT2D eigenvalue weighted by Gasteiger charge is 2.59. The monoisotopic (exact) mass is 476 g/mol. The van der Waals surface area contributed by atoms with Crippen LogP contribution in [-0.2, 0) is 22.4 Å². The second kappa shape index (κ2) is 8.15. The van der Waals surface area contributed by atoms with E-state index in [1.165, 1.54) is 6.92 Å². The molecule has 0 unspecified atom stereocenters. The number of rotatable bonds is 6. The van der Waals surface area contributed by atoms with Crippen LogP contribution in [0.25, 0.3) is 0 Å². The molecule has 1 N–H and O–H groups in total. The minimum atomic E-state index is -0.561. The van der Waals surface area contributed by atoms with Crippen molar-refractivity contribution < 1.29 is 27.8 Å². The molecule has 178 valence electrons. The van der Waals surface area contributed by atoms with Crippen molar-refractivity contribution in [3.8, 4) is 17.2 Å². The van der Waals surface area contributed by atoms with Crippen molar-refractivity contribution in [2.75, 3.05) is 5.32 Å². The Morgan fingerprint density at radius 3 is 2.89 bits per heavy atom. The fourth-order valence-electron chi connectivity index (χ4n) is 5.11. The van der Waals surface area contributed by atoms with Crippen LogP contribution in [0.2, 0.25) is 0 Å². The Morgan fingerprint density at radius 2 is 2.03 bits per heavy atom. The molecule has 1 aliphatic carbocycles. The average molecular weight is 476 g/mol. The number of amides is 1. The number of ketones is 1. The highest BCUT2D eigenvalue weighted by Crippen LogP contribution is 2.60. The third-order valence-corrected chi connectivity index (χ3v) is 6.98. The molecule has 0 saturated heterocycles. The number of Topliss-reactive ketones (excluding diaryl/α,β-unsaturated/α-hetero) is 1. The van der Waals surface area contributed by atoms with Crippen LogP contribution in [0.4, 0.5) is 14.6 Å². The van der Waals surface area contributed by atoms with Gasteiger partial charge in [0.2, 0.25) is 5.91 Å². The highest BCUT2D eigenvalue weighted by atomic mass is 19.1. The van der Waals surface area contributed by atoms with E-state index in [1.807, 2.05) is 18.2 Å². The van der Waals surface area contributed by atoms with E-state index in [-0.39, 0.29) is 53.6 Å². The van der Waals surface area contributed by atoms with E-state index in [2.05, 4.69) is 10.3 Å². The maximum absolute atomic E-state index is 14.1. The molecule has 3 aromatic rings. The number of ether oxygens (including phenoxy) is 2. The number of nitrogens with zero attached hydrogens (tertiary/aromatic N) is 1. The zero-order chi connectivity index (χ0) is 24.3. The fourth-order valence-corrected chi connectivity index (χ4v) is 5.11. The lowest BCUT2D eigenvalue weighted by atomic mass is 10.0. The Morgan fingerprint density at radius 1 is 1.17 bits per heavy atom. The molecule has 2 aromatic carbocycles. The summed E-state index contributed by atoms with van der Waals surface area (Å²) in [4.78, 5) is 28.5. The maximum atomic E-state index is 14.1. The Balaban J connectivity index is 1.15. The predicted molar refractivity (Wildman–Crippen MR) is 123 cm³/mol. The second-order valence-corrected chi connectivity index (χ2v) is 9.37. The number of aryl methyl sites for hydroxylation is 1. The summed E-state index contributed by atoms with van der Waals surface area (Å²) in [6.45, 7) is 1.49. The van der Waals surface area contributed by atoms with E-state index < -0.39 is 11.6 Å². The summed E-state index contributed by atoms with van der Waals surface area (Å²) in [5.41, 5.74) is 2.14. The number of benzene rings is 2. The van der Waals surface area contributed by atoms with Crippen LogP contribution in [0, 0.1) is 24.5 Å². The molecule has 2 aliphatic heterocycles. The quantitative estimate of drug-likeness (QED) is 0.541. The molecule has 1 aromatic heterocycles. The van der Waals surface area contributed by atoms with Gasteiger partial charge >= 0.3 is 0 Å². The van der Waals surface area contributed by atoms with Gasteiger partial charge in [-0.15, -0.1) is 0 Å². The summed E-state index contributed by atoms with van der Waals surface area (Å²) < 4.78 is 40.1. The van der Waals surface area contributed by atoms with Crippen LogP contribution in [0.5, 0.6) is 17.2 Å². The van der Waals surface area contributed by atoms with E-state index in [0.29, 0.717) is 30.2 Å². The molecule has 1 amide bonds. The van der Waals surface area contributed by atoms with Gasteiger partial charge in [-0.1, -0.05) is 0 Å². The maximum Gasteiger partial charge on any atom is 0.225 e. The highest BCUT2D eigenvalue weighted by molar-refractivity contribution is 5.93. The normalized spacial score (nSPS) is 21.3. The first kappa shape index (κ1) is 21.7. The first-order valence-electron chi connectivity index (χ1n) is 11.6. The van der Waals surface area contributed by atoms with Gasteiger partial charge in [0, 0.05) is 48.4 Å². The van der Waals surface area contributed by atoms with Crippen molar-refractivity contribution in [1.82, 2.24) is 4.98 Å². The number of carbonyl (C=O) groups is 2. The number of carbonyl (C=O) groups excluding carboxylic acids is 2. The molecule has 6 rings (SSSR count). The molecule has 3 atom stereocenters. The zero-order valence-electron chi connectivity index (χ0n) is 18.9. The Hall–Kier alpha value is -3.81. The first-order valence-corrected chi connectivity index (χ1v) is 11.6. The molecule has 8 heteroatoms. The zero-order valence-corrected chi connectivity index (χ0v) is 18.9. The van der Waals surface area contributed by atoms with Crippen molar-refractivity contribution in [2.45, 2.75) is 44.6 Å². The molecule has 0 spiro atoms. The number of hydrogen-bond acceptors (Lipinski definition) is 5. The SMILES string of the molecule is Cc1cc(F)c(CC(=O)C[C@@H]2[C@H]3Oc4ccc(Oc5ccnc6c5CCC(=O)N6)cc4[C@@H]23)cc1F. The summed E-state index contributed by atoms with van der Waals surface area (Å²) in [7, 11) is 0. The smallest absolute Gasteiger partial charge is 0.225 e. The van der Waals surface area contributed by atoms with Crippen LogP contribution in [0.15, 0.2) is 42.6 Å². The summed E-state index contributed by atoms with van der Waals surface area (Å²) >= 11 is 0. The number of hydrogen-bond donors (Lipinski definition) is 1. The number of aromatic nitrogens is 1. The predicted octanol–water partition coefficient (Wildman–Crippen LogP) is 5.02. The van der Waals surface area contributed by atoms with Gasteiger partial charge in [0.25, 0.3) is 0 Å². The van der Waals surface area contributed by atoms with Crippen LogP contribution >= 0.6 is 0 Å². The number of halogens is 2. The average Bonchev–Trinajstić information content (AvgIpc) is 3.33. The van der Waals surface area contributed by atoms with Gasteiger partial charge in [0.05, 0.1) is 0 Å². The van der Waals surface area contributed by atoms with Gasteiger partial charge in [-0.2, -0.15) is 0 Å². The first-order chi connectivity index (χ1) is 16.9. The largest absolute Gasteiger partial charge is 0.489 e. The number of anilines is 1. The van der Waals surface area contributed by atoms with Gasteiger partial charge in [-0.25, -0.2) is 13.8 Å². The standard InChI is InChI=1S/C27H22F2N2O4/c1-13-8-21(29)14(10-20(13)28)9-15(32)11-19-25-18-12-16(2-4-22(18)35-26(19)25)34-23-6-7-30-27-17(23)3-5-24(33)31-27/h2,4,6-8,10,12,19,25-26H,3,5,9,11H2,1H3,(H,30,31,33)/t19-,25-,26+/m0/s1. The molecule has 1 fully saturated rings. The van der Waals surface area contributed by atoms with Gasteiger partial charge in [0.1, 0.15) is 46.6 Å². The molecule has 35 heavy (non-hydrogen) atoms. The van der Waals surface area contributed by atoms with Crippen molar-refractivity contribution in [2.24, 2.45) is 5.92 Å². The van der Waals surface area contributed by atoms with Crippen LogP contribution < -0.4 is 14.8 Å². The van der Waals surface area contributed by atoms with Crippen molar-refractivity contribution in [3.05, 3.63) is 76.5 Å². The van der Waals surface area contributed by atoms with Crippen molar-refractivity contribution in [3.63, 3.8) is 0 Å². The molecule has 0 bridgehead atoms. The van der Waals surface area contributed by atoms with Gasteiger partial charge < -0.3 is 14.8 Å². The number of nitrogens with one attached hydrogen (secondary N) is 1. The van der Waals surface area contributed by atoms with Crippen LogP contribution in [-0.4, -0.2) is 22.8 Å². The lowest BCUT2D eigenvalue weighted by molar-refractivity contribution is -0.119. The lowest BCUT2D eigenvalue weighted by Gasteiger charge is -2.19. The minimum Gasteiger partial charge on any atom is -0.489 e. The van der Waals surface area contributed by atoms with E-state index in [1.54, 1.807) is 12.3 Å². The third-order valence-electron chi connectivity index (χ3n) is 6.98. The van der Waals surface area contributed by atoms with Crippen molar-refractivity contribution >= 4 is 17.5 Å². The van der Waals surface area contributed by atoms with E-state index in [9.17, 15) is 18.4 Å². The van der Waals surface area contributed by atoms with Gasteiger partial charge in [0.15, 0.2) is 0 Å². The Labute approximate surface area is 200 Å². The van der Waals surface area contributed by atoms with Gasteiger partial charge in [-0.05, 0) is 60.9 Å². The number of fused-ring (bicyclic) bond motifs is 4. The van der Waals surface area contributed by atoms with Crippen molar-refractivity contribution in [1.29, 1.82) is 0 Å².